The van der Waals surface area contributed by atoms with Crippen LogP contribution in [0.1, 0.15) is 20.3 Å². The second-order valence-corrected chi connectivity index (χ2v) is 3.72. The largest absolute Gasteiger partial charge is 0.619 e. The molecule has 1 atom stereocenters. The van der Waals surface area contributed by atoms with Crippen molar-refractivity contribution in [1.82, 2.24) is 5.06 Å². The standard InChI is InChI=1S/C9H15NO.C5H5NO/c1-3-9-7-5-6-8-10(9)11-4-2;7-6-4-2-1-3-5-6/h5-9H,3-4H2,1-2H3;1-5H. The number of rotatable bonds is 3. The lowest BCUT2D eigenvalue weighted by molar-refractivity contribution is -0.605. The van der Waals surface area contributed by atoms with Gasteiger partial charge in [0, 0.05) is 18.3 Å². The van der Waals surface area contributed by atoms with Crippen LogP contribution in [0.3, 0.4) is 0 Å². The third-order valence-corrected chi connectivity index (χ3v) is 2.39. The smallest absolute Gasteiger partial charge is 0.180 e. The van der Waals surface area contributed by atoms with Gasteiger partial charge in [-0.3, -0.25) is 9.90 Å². The van der Waals surface area contributed by atoms with Gasteiger partial charge in [0.15, 0.2) is 12.4 Å². The van der Waals surface area contributed by atoms with Gasteiger partial charge in [-0.25, -0.2) is 0 Å². The van der Waals surface area contributed by atoms with E-state index < -0.39 is 0 Å². The molecule has 0 saturated carbocycles. The number of nitrogens with zero attached hydrogens (tertiary/aromatic N) is 2. The zero-order valence-corrected chi connectivity index (χ0v) is 10.9. The summed E-state index contributed by atoms with van der Waals surface area (Å²) >= 11 is 0. The fourth-order valence-corrected chi connectivity index (χ4v) is 1.51. The molecule has 0 amide bonds. The lowest BCUT2D eigenvalue weighted by Crippen LogP contribution is -2.29. The molecule has 0 bridgehead atoms. The van der Waals surface area contributed by atoms with E-state index in [0.29, 0.717) is 6.04 Å². The van der Waals surface area contributed by atoms with Crippen molar-refractivity contribution in [2.75, 3.05) is 6.61 Å². The number of hydroxylamine groups is 2. The zero-order valence-electron chi connectivity index (χ0n) is 10.9. The van der Waals surface area contributed by atoms with E-state index in [2.05, 4.69) is 19.1 Å². The van der Waals surface area contributed by atoms with Crippen molar-refractivity contribution in [1.29, 1.82) is 0 Å². The number of pyridine rings is 1. The first-order valence-electron chi connectivity index (χ1n) is 6.18. The molecule has 0 aliphatic carbocycles. The van der Waals surface area contributed by atoms with E-state index in [0.717, 1.165) is 17.8 Å². The SMILES string of the molecule is CCON1C=CC=CC1CC.[O-][n+]1ccccc1. The molecular weight excluding hydrogens is 228 g/mol. The number of aromatic nitrogens is 1. The highest BCUT2D eigenvalue weighted by molar-refractivity contribution is 5.11. The van der Waals surface area contributed by atoms with Gasteiger partial charge in [0.05, 0.1) is 12.6 Å². The summed E-state index contributed by atoms with van der Waals surface area (Å²) in [5.74, 6) is 0. The molecular formula is C14H20N2O2. The Balaban J connectivity index is 0.000000199. The highest BCUT2D eigenvalue weighted by Crippen LogP contribution is 2.11. The average Bonchev–Trinajstić information content (AvgIpc) is 2.41. The molecule has 0 aromatic carbocycles. The molecule has 1 aromatic rings. The summed E-state index contributed by atoms with van der Waals surface area (Å²) in [6.45, 7) is 4.88. The number of hydrogen-bond donors (Lipinski definition) is 0. The summed E-state index contributed by atoms with van der Waals surface area (Å²) in [6.07, 6.45) is 12.1. The minimum absolute atomic E-state index is 0.417. The van der Waals surface area contributed by atoms with Crippen molar-refractivity contribution in [2.24, 2.45) is 0 Å². The zero-order chi connectivity index (χ0) is 13.2. The van der Waals surface area contributed by atoms with Crippen molar-refractivity contribution in [3.8, 4) is 0 Å². The lowest BCUT2D eigenvalue weighted by Gasteiger charge is -2.27. The monoisotopic (exact) mass is 248 g/mol. The quantitative estimate of drug-likeness (QED) is 0.609. The van der Waals surface area contributed by atoms with E-state index in [-0.39, 0.29) is 0 Å². The molecule has 1 aliphatic rings. The average molecular weight is 248 g/mol. The van der Waals surface area contributed by atoms with Gasteiger partial charge in [-0.15, -0.1) is 0 Å². The summed E-state index contributed by atoms with van der Waals surface area (Å²) in [5, 5.41) is 12.1. The van der Waals surface area contributed by atoms with Gasteiger partial charge in [-0.2, -0.15) is 4.73 Å². The fraction of sp³-hybridized carbons (Fsp3) is 0.357. The predicted molar refractivity (Wildman–Crippen MR) is 71.2 cm³/mol. The second kappa shape index (κ2) is 8.31. The van der Waals surface area contributed by atoms with Crippen LogP contribution in [0.15, 0.2) is 55.0 Å². The molecule has 98 valence electrons. The topological polar surface area (TPSA) is 39.4 Å². The molecule has 0 N–H and O–H groups in total. The molecule has 0 saturated heterocycles. The van der Waals surface area contributed by atoms with Crippen LogP contribution < -0.4 is 4.73 Å². The Morgan fingerprint density at radius 3 is 2.39 bits per heavy atom. The van der Waals surface area contributed by atoms with Gasteiger partial charge in [0.2, 0.25) is 0 Å². The van der Waals surface area contributed by atoms with Gasteiger partial charge >= 0.3 is 0 Å². The fourth-order valence-electron chi connectivity index (χ4n) is 1.51. The lowest BCUT2D eigenvalue weighted by atomic mass is 10.2. The maximum Gasteiger partial charge on any atom is 0.180 e. The maximum atomic E-state index is 10.2. The Hall–Kier alpha value is -1.81. The Kier molecular flexibility index (Phi) is 6.58. The minimum Gasteiger partial charge on any atom is -0.619 e. The molecule has 0 spiro atoms. The van der Waals surface area contributed by atoms with E-state index in [9.17, 15) is 5.21 Å². The summed E-state index contributed by atoms with van der Waals surface area (Å²) in [4.78, 5) is 5.38. The van der Waals surface area contributed by atoms with E-state index in [4.69, 9.17) is 4.84 Å². The third kappa shape index (κ3) is 5.01. The van der Waals surface area contributed by atoms with Gasteiger partial charge in [-0.05, 0) is 19.4 Å². The van der Waals surface area contributed by atoms with Crippen LogP contribution in [-0.4, -0.2) is 17.7 Å². The summed E-state index contributed by atoms with van der Waals surface area (Å²) in [7, 11) is 0. The van der Waals surface area contributed by atoms with E-state index in [1.165, 1.54) is 12.4 Å². The molecule has 18 heavy (non-hydrogen) atoms. The molecule has 0 fully saturated rings. The van der Waals surface area contributed by atoms with Crippen molar-refractivity contribution >= 4 is 0 Å². The Morgan fingerprint density at radius 2 is 1.89 bits per heavy atom. The van der Waals surface area contributed by atoms with Crippen LogP contribution in [0.2, 0.25) is 0 Å². The molecule has 0 radical (unpaired) electrons. The Bertz CT molecular complexity index is 377. The van der Waals surface area contributed by atoms with Crippen LogP contribution in [-0.2, 0) is 4.84 Å². The molecule has 1 unspecified atom stereocenters. The van der Waals surface area contributed by atoms with Gasteiger partial charge in [-0.1, -0.05) is 25.1 Å². The highest BCUT2D eigenvalue weighted by Gasteiger charge is 2.11. The van der Waals surface area contributed by atoms with Gasteiger partial charge < -0.3 is 5.21 Å². The Labute approximate surface area is 108 Å². The van der Waals surface area contributed by atoms with Gasteiger partial charge in [0.1, 0.15) is 0 Å². The van der Waals surface area contributed by atoms with Crippen molar-refractivity contribution in [3.63, 3.8) is 0 Å². The van der Waals surface area contributed by atoms with Crippen LogP contribution in [0.4, 0.5) is 0 Å². The first kappa shape index (κ1) is 14.3. The van der Waals surface area contributed by atoms with Crippen molar-refractivity contribution in [3.05, 3.63) is 60.2 Å². The molecule has 2 rings (SSSR count). The van der Waals surface area contributed by atoms with Crippen molar-refractivity contribution in [2.45, 2.75) is 26.3 Å². The summed E-state index contributed by atoms with van der Waals surface area (Å²) < 4.78 is 0.750. The Morgan fingerprint density at radius 1 is 1.17 bits per heavy atom. The molecule has 1 aromatic heterocycles. The molecule has 2 heterocycles. The van der Waals surface area contributed by atoms with Crippen molar-refractivity contribution < 1.29 is 9.57 Å². The number of allylic oxidation sites excluding steroid dienone is 2. The van der Waals surface area contributed by atoms with E-state index >= 15 is 0 Å². The van der Waals surface area contributed by atoms with Crippen LogP contribution >= 0.6 is 0 Å². The molecule has 4 heteroatoms. The highest BCUT2D eigenvalue weighted by atomic mass is 16.7. The normalized spacial score (nSPS) is 17.2. The maximum absolute atomic E-state index is 10.2. The van der Waals surface area contributed by atoms with Gasteiger partial charge in [0.25, 0.3) is 0 Å². The predicted octanol–water partition coefficient (Wildman–Crippen LogP) is 2.42. The van der Waals surface area contributed by atoms with E-state index in [1.807, 2.05) is 24.3 Å². The van der Waals surface area contributed by atoms with E-state index in [1.54, 1.807) is 18.2 Å². The molecule has 4 nitrogen and oxygen atoms in total. The number of hydrogen-bond acceptors (Lipinski definition) is 3. The first-order chi connectivity index (χ1) is 8.77. The first-order valence-corrected chi connectivity index (χ1v) is 6.18. The third-order valence-electron chi connectivity index (χ3n) is 2.39. The summed E-state index contributed by atoms with van der Waals surface area (Å²) in [6, 6.07) is 5.59. The van der Waals surface area contributed by atoms with Crippen LogP contribution in [0.25, 0.3) is 0 Å². The van der Waals surface area contributed by atoms with Crippen LogP contribution in [0.5, 0.6) is 0 Å². The van der Waals surface area contributed by atoms with Crippen LogP contribution in [0, 0.1) is 5.21 Å². The second-order valence-electron chi connectivity index (χ2n) is 3.72. The minimum atomic E-state index is 0.417. The molecule has 1 aliphatic heterocycles. The summed E-state index contributed by atoms with van der Waals surface area (Å²) in [5.41, 5.74) is 0.